The highest BCUT2D eigenvalue weighted by atomic mass is 19.4. The van der Waals surface area contributed by atoms with E-state index in [-0.39, 0.29) is 18.1 Å². The molecular formula is C29H32F6N4O6. The van der Waals surface area contributed by atoms with E-state index in [4.69, 9.17) is 24.5 Å². The first kappa shape index (κ1) is 36.8. The van der Waals surface area contributed by atoms with Crippen LogP contribution in [0.2, 0.25) is 0 Å². The molecule has 0 unspecified atom stereocenters. The summed E-state index contributed by atoms with van der Waals surface area (Å²) in [6.07, 6.45) is -5.47. The second kappa shape index (κ2) is 17.2. The molecule has 2 aliphatic rings. The SMILES string of the molecule is N#C[C@H](Cc1ccc(-c2ccccc2O[C@@H]2CCNC2)cc1)NC(=O)[C@@H]1CCCCN1.O=C(O)C(F)(F)F.O=C(O)C(F)(F)F. The van der Waals surface area contributed by atoms with Gasteiger partial charge in [-0.25, -0.2) is 9.59 Å². The number of carbonyl (C=O) groups is 3. The van der Waals surface area contributed by atoms with E-state index in [9.17, 15) is 36.4 Å². The average Bonchev–Trinajstić information content (AvgIpc) is 3.51. The van der Waals surface area contributed by atoms with Crippen molar-refractivity contribution in [3.63, 3.8) is 0 Å². The molecule has 3 atom stereocenters. The maximum Gasteiger partial charge on any atom is 0.490 e. The molecule has 0 aliphatic carbocycles. The van der Waals surface area contributed by atoms with Gasteiger partial charge < -0.3 is 30.9 Å². The van der Waals surface area contributed by atoms with Crippen molar-refractivity contribution in [1.82, 2.24) is 16.0 Å². The second-order valence-electron chi connectivity index (χ2n) is 9.93. The zero-order valence-corrected chi connectivity index (χ0v) is 23.8. The number of carboxylic acid groups (broad SMARTS) is 2. The third-order valence-electron chi connectivity index (χ3n) is 6.48. The van der Waals surface area contributed by atoms with Crippen LogP contribution in [-0.4, -0.2) is 78.2 Å². The summed E-state index contributed by atoms with van der Waals surface area (Å²) in [7, 11) is 0. The van der Waals surface area contributed by atoms with E-state index in [0.29, 0.717) is 6.42 Å². The lowest BCUT2D eigenvalue weighted by Crippen LogP contribution is -2.49. The summed E-state index contributed by atoms with van der Waals surface area (Å²) in [5.74, 6) is -4.69. The number of rotatable bonds is 7. The lowest BCUT2D eigenvalue weighted by atomic mass is 9.99. The topological polar surface area (TPSA) is 161 Å². The first-order valence-corrected chi connectivity index (χ1v) is 13.7. The summed E-state index contributed by atoms with van der Waals surface area (Å²) < 4.78 is 69.7. The minimum Gasteiger partial charge on any atom is -0.488 e. The van der Waals surface area contributed by atoms with Crippen LogP contribution < -0.4 is 20.7 Å². The Kier molecular flexibility index (Phi) is 14.1. The third-order valence-corrected chi connectivity index (χ3v) is 6.48. The van der Waals surface area contributed by atoms with E-state index in [1.165, 1.54) is 0 Å². The number of amides is 1. The number of aliphatic carboxylic acids is 2. The van der Waals surface area contributed by atoms with Crippen LogP contribution in [0.25, 0.3) is 11.1 Å². The maximum absolute atomic E-state index is 12.4. The van der Waals surface area contributed by atoms with Crippen LogP contribution in [0.1, 0.15) is 31.2 Å². The smallest absolute Gasteiger partial charge is 0.488 e. The van der Waals surface area contributed by atoms with Crippen LogP contribution in [0.3, 0.4) is 0 Å². The van der Waals surface area contributed by atoms with Crippen molar-refractivity contribution >= 4 is 17.8 Å². The van der Waals surface area contributed by atoms with Gasteiger partial charge in [0, 0.05) is 18.5 Å². The molecule has 0 bridgehead atoms. The molecule has 2 heterocycles. The van der Waals surface area contributed by atoms with Gasteiger partial charge in [-0.15, -0.1) is 0 Å². The summed E-state index contributed by atoms with van der Waals surface area (Å²) in [5, 5.41) is 33.2. The largest absolute Gasteiger partial charge is 0.490 e. The van der Waals surface area contributed by atoms with Crippen molar-refractivity contribution in [3.8, 4) is 22.9 Å². The Bertz CT molecular complexity index is 1280. The molecule has 2 fully saturated rings. The van der Waals surface area contributed by atoms with Crippen LogP contribution >= 0.6 is 0 Å². The van der Waals surface area contributed by atoms with Crippen LogP contribution in [0.5, 0.6) is 5.75 Å². The number of benzene rings is 2. The quantitative estimate of drug-likeness (QED) is 0.280. The minimum absolute atomic E-state index is 0.0738. The lowest BCUT2D eigenvalue weighted by molar-refractivity contribution is -0.193. The van der Waals surface area contributed by atoms with E-state index >= 15 is 0 Å². The Morgan fingerprint density at radius 2 is 1.53 bits per heavy atom. The number of para-hydroxylation sites is 1. The van der Waals surface area contributed by atoms with E-state index in [0.717, 1.165) is 67.8 Å². The van der Waals surface area contributed by atoms with Gasteiger partial charge in [-0.3, -0.25) is 4.79 Å². The summed E-state index contributed by atoms with van der Waals surface area (Å²) >= 11 is 0. The van der Waals surface area contributed by atoms with Gasteiger partial charge in [-0.05, 0) is 49.5 Å². The van der Waals surface area contributed by atoms with Crippen molar-refractivity contribution in [2.75, 3.05) is 19.6 Å². The molecule has 0 spiro atoms. The molecule has 2 aromatic carbocycles. The van der Waals surface area contributed by atoms with E-state index < -0.39 is 30.3 Å². The zero-order valence-electron chi connectivity index (χ0n) is 23.8. The highest BCUT2D eigenvalue weighted by Gasteiger charge is 2.39. The molecule has 2 saturated heterocycles. The molecule has 0 aromatic heterocycles. The van der Waals surface area contributed by atoms with Gasteiger partial charge in [0.2, 0.25) is 5.91 Å². The number of hydrogen-bond acceptors (Lipinski definition) is 7. The van der Waals surface area contributed by atoms with Crippen LogP contribution in [0.4, 0.5) is 26.3 Å². The monoisotopic (exact) mass is 646 g/mol. The predicted octanol–water partition coefficient (Wildman–Crippen LogP) is 4.05. The second-order valence-corrected chi connectivity index (χ2v) is 9.93. The standard InChI is InChI=1S/C25H30N4O2.2C2HF3O2/c26-16-20(29-25(30)23-6-3-4-13-28-23)15-18-8-10-19(11-9-18)22-5-1-2-7-24(22)31-21-12-14-27-17-21;2*3-2(4,5)1(6)7/h1-2,5,7-11,20-21,23,27-28H,3-4,6,12-15,17H2,(H,29,30);2*(H,6,7)/t20-,21+,23-;;/m0../s1. The van der Waals surface area contributed by atoms with Crippen LogP contribution in [-0.2, 0) is 20.8 Å². The fraction of sp³-hybridized carbons (Fsp3) is 0.448. The molecule has 5 N–H and O–H groups in total. The van der Waals surface area contributed by atoms with Gasteiger partial charge in [0.05, 0.1) is 12.1 Å². The fourth-order valence-electron chi connectivity index (χ4n) is 4.25. The Balaban J connectivity index is 0.000000421. The Labute approximate surface area is 254 Å². The van der Waals surface area contributed by atoms with Gasteiger partial charge >= 0.3 is 24.3 Å². The average molecular weight is 647 g/mol. The number of carboxylic acids is 2. The number of hydrogen-bond donors (Lipinski definition) is 5. The van der Waals surface area contributed by atoms with Crippen molar-refractivity contribution in [2.45, 2.75) is 62.6 Å². The van der Waals surface area contributed by atoms with Gasteiger partial charge in [0.15, 0.2) is 0 Å². The maximum atomic E-state index is 12.4. The lowest BCUT2D eigenvalue weighted by Gasteiger charge is -2.23. The van der Waals surface area contributed by atoms with Crippen LogP contribution in [0.15, 0.2) is 48.5 Å². The zero-order chi connectivity index (χ0) is 33.6. The van der Waals surface area contributed by atoms with Gasteiger partial charge in [0.25, 0.3) is 0 Å². The molecule has 16 heteroatoms. The molecule has 246 valence electrons. The molecule has 2 aromatic rings. The summed E-state index contributed by atoms with van der Waals surface area (Å²) in [6, 6.07) is 17.8. The number of alkyl halides is 6. The molecule has 4 rings (SSSR count). The number of nitrogens with zero attached hydrogens (tertiary/aromatic N) is 1. The fourth-order valence-corrected chi connectivity index (χ4v) is 4.25. The number of nitriles is 1. The van der Waals surface area contributed by atoms with Crippen molar-refractivity contribution < 1.29 is 55.7 Å². The molecule has 45 heavy (non-hydrogen) atoms. The first-order chi connectivity index (χ1) is 21.1. The van der Waals surface area contributed by atoms with Crippen molar-refractivity contribution in [1.29, 1.82) is 5.26 Å². The molecule has 10 nitrogen and oxygen atoms in total. The number of nitrogens with one attached hydrogen (secondary N) is 3. The normalized spacial score (nSPS) is 18.5. The van der Waals surface area contributed by atoms with E-state index in [1.54, 1.807) is 0 Å². The molecular weight excluding hydrogens is 614 g/mol. The van der Waals surface area contributed by atoms with Gasteiger partial charge in [-0.2, -0.15) is 31.6 Å². The molecule has 0 radical (unpaired) electrons. The summed E-state index contributed by atoms with van der Waals surface area (Å²) in [4.78, 5) is 30.2. The number of piperidine rings is 1. The Hall–Kier alpha value is -4.36. The summed E-state index contributed by atoms with van der Waals surface area (Å²) in [6.45, 7) is 2.74. The van der Waals surface area contributed by atoms with Crippen LogP contribution in [0, 0.1) is 11.3 Å². The Morgan fingerprint density at radius 3 is 2.02 bits per heavy atom. The van der Waals surface area contributed by atoms with E-state index in [1.807, 2.05) is 30.3 Å². The highest BCUT2D eigenvalue weighted by Crippen LogP contribution is 2.31. The van der Waals surface area contributed by atoms with Crippen molar-refractivity contribution in [3.05, 3.63) is 54.1 Å². The predicted molar refractivity (Wildman–Crippen MR) is 148 cm³/mol. The van der Waals surface area contributed by atoms with E-state index in [2.05, 4.69) is 40.2 Å². The number of halogens is 6. The van der Waals surface area contributed by atoms with Crippen molar-refractivity contribution in [2.24, 2.45) is 0 Å². The Morgan fingerprint density at radius 1 is 0.933 bits per heavy atom. The minimum atomic E-state index is -5.08. The van der Waals surface area contributed by atoms with Gasteiger partial charge in [-0.1, -0.05) is 48.9 Å². The van der Waals surface area contributed by atoms with Gasteiger partial charge in [0.1, 0.15) is 17.9 Å². The molecule has 2 aliphatic heterocycles. The third kappa shape index (κ3) is 13.0. The molecule has 0 saturated carbocycles. The summed E-state index contributed by atoms with van der Waals surface area (Å²) in [5.41, 5.74) is 3.16. The molecule has 1 amide bonds. The number of carbonyl (C=O) groups excluding carboxylic acids is 1. The highest BCUT2D eigenvalue weighted by molar-refractivity contribution is 5.82. The number of ether oxygens (including phenoxy) is 1. The first-order valence-electron chi connectivity index (χ1n) is 13.7.